The summed E-state index contributed by atoms with van der Waals surface area (Å²) in [5.41, 5.74) is 2.67. The first-order valence-electron chi connectivity index (χ1n) is 9.24. The third-order valence-corrected chi connectivity index (χ3v) is 5.91. The Balaban J connectivity index is 1.55. The Hall–Kier alpha value is -2.86. The Morgan fingerprint density at radius 3 is 2.36 bits per heavy atom. The number of hydrogen-bond donors (Lipinski definition) is 1. The van der Waals surface area contributed by atoms with Crippen LogP contribution in [-0.2, 0) is 4.79 Å². The van der Waals surface area contributed by atoms with E-state index in [-0.39, 0.29) is 30.0 Å². The first-order chi connectivity index (χ1) is 13.6. The number of amides is 1. The Kier molecular flexibility index (Phi) is 5.30. The van der Waals surface area contributed by atoms with Crippen molar-refractivity contribution in [2.75, 3.05) is 5.75 Å². The Morgan fingerprint density at radius 1 is 1.14 bits per heavy atom. The fourth-order valence-electron chi connectivity index (χ4n) is 3.50. The second kappa shape index (κ2) is 8.02. The molecule has 5 nitrogen and oxygen atoms in total. The van der Waals surface area contributed by atoms with Crippen molar-refractivity contribution < 1.29 is 4.79 Å². The molecule has 0 saturated heterocycles. The van der Waals surface area contributed by atoms with Crippen molar-refractivity contribution in [3.63, 3.8) is 0 Å². The van der Waals surface area contributed by atoms with E-state index in [9.17, 15) is 9.59 Å². The maximum Gasteiger partial charge on any atom is 0.254 e. The fraction of sp³-hybridized carbons (Fsp3) is 0.227. The number of aromatic nitrogens is 2. The van der Waals surface area contributed by atoms with Gasteiger partial charge in [0.15, 0.2) is 5.16 Å². The zero-order valence-electron chi connectivity index (χ0n) is 15.5. The molecule has 0 bridgehead atoms. The zero-order valence-corrected chi connectivity index (χ0v) is 16.4. The summed E-state index contributed by atoms with van der Waals surface area (Å²) in [6.45, 7) is 1.81. The fourth-order valence-corrected chi connectivity index (χ4v) is 4.69. The van der Waals surface area contributed by atoms with E-state index in [4.69, 9.17) is 0 Å². The number of nitrogens with one attached hydrogen (secondary N) is 1. The summed E-state index contributed by atoms with van der Waals surface area (Å²) >= 11 is 1.53. The van der Waals surface area contributed by atoms with E-state index in [1.807, 2.05) is 67.6 Å². The summed E-state index contributed by atoms with van der Waals surface area (Å²) in [6, 6.07) is 21.0. The van der Waals surface area contributed by atoms with Gasteiger partial charge in [0.2, 0.25) is 5.91 Å². The number of carbonyl (C=O) groups excluding carboxylic acids is 1. The molecule has 1 aromatic heterocycles. The Labute approximate surface area is 167 Å². The lowest BCUT2D eigenvalue weighted by Crippen LogP contribution is -2.33. The lowest BCUT2D eigenvalue weighted by atomic mass is 9.98. The minimum atomic E-state index is -0.226. The molecule has 0 radical (unpaired) electrons. The van der Waals surface area contributed by atoms with Gasteiger partial charge in [-0.05, 0) is 18.1 Å². The van der Waals surface area contributed by atoms with E-state index in [2.05, 4.69) is 10.3 Å². The van der Waals surface area contributed by atoms with Crippen LogP contribution >= 0.6 is 11.8 Å². The van der Waals surface area contributed by atoms with Gasteiger partial charge in [-0.25, -0.2) is 4.98 Å². The van der Waals surface area contributed by atoms with Crippen molar-refractivity contribution in [2.24, 2.45) is 0 Å². The summed E-state index contributed by atoms with van der Waals surface area (Å²) in [4.78, 5) is 29.7. The van der Waals surface area contributed by atoms with Crippen LogP contribution < -0.4 is 10.9 Å². The predicted molar refractivity (Wildman–Crippen MR) is 110 cm³/mol. The summed E-state index contributed by atoms with van der Waals surface area (Å²) in [5, 5.41) is 3.85. The standard InChI is InChI=1S/C22H21N3O2S/c1-15-12-20(27)25-18(14-28-22(25)23-15)13-19(26)24-21(16-8-4-2-5-9-16)17-10-6-3-7-11-17/h2-12,18,21H,13-14H2,1H3,(H,24,26). The van der Waals surface area contributed by atoms with Gasteiger partial charge in [-0.15, -0.1) is 0 Å². The molecule has 1 aliphatic rings. The van der Waals surface area contributed by atoms with Crippen LogP contribution in [0.4, 0.5) is 0 Å². The van der Waals surface area contributed by atoms with E-state index in [1.54, 1.807) is 4.57 Å². The maximum absolute atomic E-state index is 12.9. The Bertz CT molecular complexity index is 995. The van der Waals surface area contributed by atoms with E-state index in [1.165, 1.54) is 17.8 Å². The number of hydrogen-bond acceptors (Lipinski definition) is 4. The first-order valence-corrected chi connectivity index (χ1v) is 10.2. The van der Waals surface area contributed by atoms with Gasteiger partial charge in [-0.2, -0.15) is 0 Å². The molecule has 6 heteroatoms. The molecule has 0 spiro atoms. The topological polar surface area (TPSA) is 64.0 Å². The van der Waals surface area contributed by atoms with E-state index >= 15 is 0 Å². The number of fused-ring (bicyclic) bond motifs is 1. The van der Waals surface area contributed by atoms with E-state index in [0.29, 0.717) is 16.6 Å². The number of benzene rings is 2. The average molecular weight is 391 g/mol. The van der Waals surface area contributed by atoms with Crippen LogP contribution in [0.1, 0.15) is 35.3 Å². The second-order valence-corrected chi connectivity index (χ2v) is 7.87. The number of rotatable bonds is 5. The molecule has 1 unspecified atom stereocenters. The van der Waals surface area contributed by atoms with Gasteiger partial charge < -0.3 is 5.32 Å². The van der Waals surface area contributed by atoms with E-state index < -0.39 is 0 Å². The molecule has 1 N–H and O–H groups in total. The van der Waals surface area contributed by atoms with Gasteiger partial charge in [-0.3, -0.25) is 14.2 Å². The molecular formula is C22H21N3O2S. The van der Waals surface area contributed by atoms with Crippen LogP contribution in [0.2, 0.25) is 0 Å². The minimum absolute atomic E-state index is 0.0800. The van der Waals surface area contributed by atoms with Gasteiger partial charge in [0.1, 0.15) is 0 Å². The van der Waals surface area contributed by atoms with Gasteiger partial charge in [0, 0.05) is 23.9 Å². The third kappa shape index (κ3) is 3.87. The maximum atomic E-state index is 12.9. The molecule has 2 aromatic carbocycles. The zero-order chi connectivity index (χ0) is 19.5. The molecule has 142 valence electrons. The van der Waals surface area contributed by atoms with Crippen molar-refractivity contribution in [1.29, 1.82) is 0 Å². The molecule has 28 heavy (non-hydrogen) atoms. The highest BCUT2D eigenvalue weighted by molar-refractivity contribution is 7.99. The van der Waals surface area contributed by atoms with Gasteiger partial charge >= 0.3 is 0 Å². The highest BCUT2D eigenvalue weighted by Crippen LogP contribution is 2.32. The molecule has 0 saturated carbocycles. The molecule has 0 fully saturated rings. The average Bonchev–Trinajstić information content (AvgIpc) is 3.10. The SMILES string of the molecule is Cc1cc(=O)n2c(n1)SCC2CC(=O)NC(c1ccccc1)c1ccccc1. The number of nitrogens with zero attached hydrogens (tertiary/aromatic N) is 2. The summed E-state index contributed by atoms with van der Waals surface area (Å²) in [6.07, 6.45) is 0.251. The first kappa shape index (κ1) is 18.5. The normalized spacial score (nSPS) is 15.4. The minimum Gasteiger partial charge on any atom is -0.345 e. The van der Waals surface area contributed by atoms with Crippen LogP contribution in [0.15, 0.2) is 76.7 Å². The molecule has 2 heterocycles. The van der Waals surface area contributed by atoms with Gasteiger partial charge in [0.05, 0.1) is 12.1 Å². The molecule has 1 amide bonds. The van der Waals surface area contributed by atoms with Gasteiger partial charge in [-0.1, -0.05) is 72.4 Å². The van der Waals surface area contributed by atoms with Crippen LogP contribution in [0.5, 0.6) is 0 Å². The van der Waals surface area contributed by atoms with Crippen LogP contribution in [0.25, 0.3) is 0 Å². The van der Waals surface area contributed by atoms with Crippen LogP contribution in [0.3, 0.4) is 0 Å². The Morgan fingerprint density at radius 2 is 1.75 bits per heavy atom. The van der Waals surface area contributed by atoms with Crippen molar-refractivity contribution in [3.8, 4) is 0 Å². The summed E-state index contributed by atoms with van der Waals surface area (Å²) in [7, 11) is 0. The van der Waals surface area contributed by atoms with Crippen LogP contribution in [0, 0.1) is 6.92 Å². The molecule has 1 aliphatic heterocycles. The lowest BCUT2D eigenvalue weighted by Gasteiger charge is -2.21. The molecule has 1 atom stereocenters. The lowest BCUT2D eigenvalue weighted by molar-refractivity contribution is -0.122. The van der Waals surface area contributed by atoms with E-state index in [0.717, 1.165) is 11.1 Å². The quantitative estimate of drug-likeness (QED) is 0.676. The largest absolute Gasteiger partial charge is 0.345 e. The molecular weight excluding hydrogens is 370 g/mol. The summed E-state index contributed by atoms with van der Waals surface area (Å²) in [5.74, 6) is 0.601. The number of carbonyl (C=O) groups is 1. The van der Waals surface area contributed by atoms with Gasteiger partial charge in [0.25, 0.3) is 5.56 Å². The van der Waals surface area contributed by atoms with Crippen molar-refractivity contribution in [3.05, 3.63) is 93.9 Å². The van der Waals surface area contributed by atoms with Crippen molar-refractivity contribution in [2.45, 2.75) is 30.6 Å². The smallest absolute Gasteiger partial charge is 0.254 e. The van der Waals surface area contributed by atoms with Crippen molar-refractivity contribution >= 4 is 17.7 Å². The molecule has 4 rings (SSSR count). The monoisotopic (exact) mass is 391 g/mol. The van der Waals surface area contributed by atoms with Crippen molar-refractivity contribution in [1.82, 2.24) is 14.9 Å². The molecule has 0 aliphatic carbocycles. The number of aryl methyl sites for hydroxylation is 1. The second-order valence-electron chi connectivity index (χ2n) is 6.88. The van der Waals surface area contributed by atoms with Crippen LogP contribution in [-0.4, -0.2) is 21.2 Å². The third-order valence-electron chi connectivity index (χ3n) is 4.81. The summed E-state index contributed by atoms with van der Waals surface area (Å²) < 4.78 is 1.65. The predicted octanol–water partition coefficient (Wildman–Crippen LogP) is 3.49. The number of thioether (sulfide) groups is 1. The highest BCUT2D eigenvalue weighted by Gasteiger charge is 2.28. The molecule has 3 aromatic rings. The highest BCUT2D eigenvalue weighted by atomic mass is 32.2.